The highest BCUT2D eigenvalue weighted by Crippen LogP contribution is 2.20. The fraction of sp³-hybridized carbons (Fsp3) is 0.176. The molecule has 0 atom stereocenters. The molecule has 0 heterocycles. The molecule has 2 rings (SSSR count). The monoisotopic (exact) mass is 378 g/mol. The summed E-state index contributed by atoms with van der Waals surface area (Å²) in [5.41, 5.74) is 1.98. The molecule has 0 bridgehead atoms. The summed E-state index contributed by atoms with van der Waals surface area (Å²) in [4.78, 5) is 23.6. The van der Waals surface area contributed by atoms with E-state index in [1.165, 1.54) is 6.07 Å². The van der Waals surface area contributed by atoms with Crippen molar-refractivity contribution in [2.45, 2.75) is 19.9 Å². The van der Waals surface area contributed by atoms with Gasteiger partial charge in [0.2, 0.25) is 11.8 Å². The first-order valence-corrected chi connectivity index (χ1v) is 7.81. The van der Waals surface area contributed by atoms with E-state index in [4.69, 9.17) is 0 Å². The Balaban J connectivity index is 1.84. The molecule has 2 amide bonds. The molecule has 0 radical (unpaired) electrons. The van der Waals surface area contributed by atoms with Crippen molar-refractivity contribution in [1.82, 2.24) is 5.32 Å². The Bertz CT molecular complexity index is 734. The molecular formula is C17H16BrFN2O2. The molecule has 2 aromatic rings. The summed E-state index contributed by atoms with van der Waals surface area (Å²) in [7, 11) is 0. The number of anilines is 1. The van der Waals surface area contributed by atoms with Crippen molar-refractivity contribution in [3.05, 3.63) is 63.9 Å². The third-order valence-electron chi connectivity index (χ3n) is 3.20. The topological polar surface area (TPSA) is 58.2 Å². The molecular weight excluding hydrogens is 363 g/mol. The van der Waals surface area contributed by atoms with E-state index in [2.05, 4.69) is 26.6 Å². The third kappa shape index (κ3) is 5.17. The van der Waals surface area contributed by atoms with Crippen molar-refractivity contribution < 1.29 is 14.0 Å². The van der Waals surface area contributed by atoms with Crippen LogP contribution in [0, 0.1) is 12.7 Å². The summed E-state index contributed by atoms with van der Waals surface area (Å²) in [5, 5.41) is 5.19. The van der Waals surface area contributed by atoms with E-state index in [-0.39, 0.29) is 18.8 Å². The number of hydrogen-bond acceptors (Lipinski definition) is 2. The lowest BCUT2D eigenvalue weighted by Crippen LogP contribution is -2.28. The van der Waals surface area contributed by atoms with Gasteiger partial charge >= 0.3 is 0 Å². The van der Waals surface area contributed by atoms with Crippen LogP contribution in [0.5, 0.6) is 0 Å². The molecule has 0 aromatic heterocycles. The molecule has 2 N–H and O–H groups in total. The van der Waals surface area contributed by atoms with E-state index in [0.29, 0.717) is 11.3 Å². The molecule has 2 aromatic carbocycles. The van der Waals surface area contributed by atoms with E-state index in [1.54, 1.807) is 30.3 Å². The Labute approximate surface area is 142 Å². The SMILES string of the molecule is Cc1cc(NC(=O)CC(=O)NCc2ccccc2F)ccc1Br. The van der Waals surface area contributed by atoms with Crippen molar-refractivity contribution in [3.8, 4) is 0 Å². The predicted octanol–water partition coefficient (Wildman–Crippen LogP) is 3.54. The minimum atomic E-state index is -0.459. The molecule has 0 aliphatic rings. The molecule has 0 fully saturated rings. The molecule has 0 spiro atoms. The second kappa shape index (κ2) is 7.87. The first-order chi connectivity index (χ1) is 11.0. The van der Waals surface area contributed by atoms with Gasteiger partial charge in [-0.25, -0.2) is 4.39 Å². The van der Waals surface area contributed by atoms with Gasteiger partial charge in [-0.2, -0.15) is 0 Å². The maximum absolute atomic E-state index is 13.4. The number of halogens is 2. The maximum atomic E-state index is 13.4. The zero-order chi connectivity index (χ0) is 16.8. The van der Waals surface area contributed by atoms with Crippen LogP contribution in [0.25, 0.3) is 0 Å². The Morgan fingerprint density at radius 1 is 1.13 bits per heavy atom. The molecule has 6 heteroatoms. The van der Waals surface area contributed by atoms with Crippen LogP contribution in [0.1, 0.15) is 17.5 Å². The van der Waals surface area contributed by atoms with Crippen molar-refractivity contribution >= 4 is 33.4 Å². The van der Waals surface area contributed by atoms with Gasteiger partial charge in [0.15, 0.2) is 0 Å². The number of hydrogen-bond donors (Lipinski definition) is 2. The molecule has 23 heavy (non-hydrogen) atoms. The van der Waals surface area contributed by atoms with Gasteiger partial charge in [-0.1, -0.05) is 34.1 Å². The van der Waals surface area contributed by atoms with Gasteiger partial charge in [0.1, 0.15) is 12.2 Å². The van der Waals surface area contributed by atoms with Crippen LogP contribution in [-0.4, -0.2) is 11.8 Å². The van der Waals surface area contributed by atoms with E-state index in [9.17, 15) is 14.0 Å². The van der Waals surface area contributed by atoms with Gasteiger partial charge in [-0.3, -0.25) is 9.59 Å². The highest BCUT2D eigenvalue weighted by Gasteiger charge is 2.11. The first-order valence-electron chi connectivity index (χ1n) is 7.02. The number of benzene rings is 2. The van der Waals surface area contributed by atoms with Crippen LogP contribution in [-0.2, 0) is 16.1 Å². The minimum Gasteiger partial charge on any atom is -0.351 e. The quantitative estimate of drug-likeness (QED) is 0.781. The van der Waals surface area contributed by atoms with E-state index < -0.39 is 11.8 Å². The Hall–Kier alpha value is -2.21. The fourth-order valence-electron chi connectivity index (χ4n) is 1.97. The van der Waals surface area contributed by atoms with Crippen LogP contribution >= 0.6 is 15.9 Å². The maximum Gasteiger partial charge on any atom is 0.233 e. The second-order valence-electron chi connectivity index (χ2n) is 5.06. The Morgan fingerprint density at radius 3 is 2.57 bits per heavy atom. The molecule has 120 valence electrons. The zero-order valence-corrected chi connectivity index (χ0v) is 14.1. The fourth-order valence-corrected chi connectivity index (χ4v) is 2.22. The van der Waals surface area contributed by atoms with E-state index >= 15 is 0 Å². The van der Waals surface area contributed by atoms with Crippen LogP contribution < -0.4 is 10.6 Å². The number of aryl methyl sites for hydroxylation is 1. The largest absolute Gasteiger partial charge is 0.351 e. The molecule has 0 saturated carbocycles. The Morgan fingerprint density at radius 2 is 1.87 bits per heavy atom. The van der Waals surface area contributed by atoms with Gasteiger partial charge in [-0.05, 0) is 36.8 Å². The van der Waals surface area contributed by atoms with E-state index in [1.807, 2.05) is 13.0 Å². The molecule has 4 nitrogen and oxygen atoms in total. The molecule has 0 saturated heterocycles. The number of carbonyl (C=O) groups is 2. The predicted molar refractivity (Wildman–Crippen MR) is 90.4 cm³/mol. The van der Waals surface area contributed by atoms with Gasteiger partial charge in [0.25, 0.3) is 0 Å². The van der Waals surface area contributed by atoms with Gasteiger partial charge in [0, 0.05) is 22.3 Å². The zero-order valence-electron chi connectivity index (χ0n) is 12.5. The van der Waals surface area contributed by atoms with Gasteiger partial charge < -0.3 is 10.6 Å². The van der Waals surface area contributed by atoms with Crippen molar-refractivity contribution in [2.24, 2.45) is 0 Å². The van der Waals surface area contributed by atoms with E-state index in [0.717, 1.165) is 10.0 Å². The standard InChI is InChI=1S/C17H16BrFN2O2/c1-11-8-13(6-7-14(11)18)21-17(23)9-16(22)20-10-12-4-2-3-5-15(12)19/h2-8H,9-10H2,1H3,(H,20,22)(H,21,23). The molecule has 0 aliphatic carbocycles. The van der Waals surface area contributed by atoms with Gasteiger partial charge in [0.05, 0.1) is 0 Å². The summed E-state index contributed by atoms with van der Waals surface area (Å²) in [6.07, 6.45) is -0.316. The normalized spacial score (nSPS) is 10.2. The molecule has 0 unspecified atom stereocenters. The number of nitrogens with one attached hydrogen (secondary N) is 2. The lowest BCUT2D eigenvalue weighted by Gasteiger charge is -2.08. The number of rotatable bonds is 5. The van der Waals surface area contributed by atoms with Crippen molar-refractivity contribution in [2.75, 3.05) is 5.32 Å². The van der Waals surface area contributed by atoms with Crippen molar-refractivity contribution in [1.29, 1.82) is 0 Å². The van der Waals surface area contributed by atoms with Crippen LogP contribution in [0.3, 0.4) is 0 Å². The summed E-state index contributed by atoms with van der Waals surface area (Å²) < 4.78 is 14.4. The highest BCUT2D eigenvalue weighted by molar-refractivity contribution is 9.10. The Kier molecular flexibility index (Phi) is 5.87. The van der Waals surface area contributed by atoms with Crippen molar-refractivity contribution in [3.63, 3.8) is 0 Å². The van der Waals surface area contributed by atoms with Gasteiger partial charge in [-0.15, -0.1) is 0 Å². The average Bonchev–Trinajstić information content (AvgIpc) is 2.50. The molecule has 0 aliphatic heterocycles. The number of carbonyl (C=O) groups excluding carboxylic acids is 2. The lowest BCUT2D eigenvalue weighted by molar-refractivity contribution is -0.126. The second-order valence-corrected chi connectivity index (χ2v) is 5.91. The summed E-state index contributed by atoms with van der Waals surface area (Å²) in [6, 6.07) is 11.5. The first kappa shape index (κ1) is 17.1. The highest BCUT2D eigenvalue weighted by atomic mass is 79.9. The smallest absolute Gasteiger partial charge is 0.233 e. The number of amides is 2. The van der Waals surface area contributed by atoms with Crippen LogP contribution in [0.4, 0.5) is 10.1 Å². The lowest BCUT2D eigenvalue weighted by atomic mass is 10.2. The summed E-state index contributed by atoms with van der Waals surface area (Å²) in [5.74, 6) is -1.26. The van der Waals surface area contributed by atoms with Crippen LogP contribution in [0.2, 0.25) is 0 Å². The van der Waals surface area contributed by atoms with Crippen LogP contribution in [0.15, 0.2) is 46.9 Å². The average molecular weight is 379 g/mol. The third-order valence-corrected chi connectivity index (χ3v) is 4.09. The summed E-state index contributed by atoms with van der Waals surface area (Å²) in [6.45, 7) is 1.96. The summed E-state index contributed by atoms with van der Waals surface area (Å²) >= 11 is 3.38. The minimum absolute atomic E-state index is 0.0518.